The van der Waals surface area contributed by atoms with Gasteiger partial charge in [-0.25, -0.2) is 14.0 Å². The number of carboxylic acid groups (broad SMARTS) is 1. The topological polar surface area (TPSA) is 131 Å². The standard InChI is InChI=1S/C29H25ClFN3O6/c1-16-25(33-29(38)39-17(2)22-5-3-4-6-23(22)30)26(40-34-16)19-9-11-20(12-10-19)27(35)32-24(28(36)37)15-18-7-13-21(31)14-8-18/h3-14,17,24H,15H2,1-2H3,(H,32,35)(H,33,38)(H,36,37)/t17?,24-/m1/s1. The Morgan fingerprint density at radius 1 is 1.05 bits per heavy atom. The monoisotopic (exact) mass is 565 g/mol. The molecule has 4 rings (SSSR count). The maximum atomic E-state index is 13.2. The third-order valence-electron chi connectivity index (χ3n) is 6.08. The fourth-order valence-electron chi connectivity index (χ4n) is 3.95. The van der Waals surface area contributed by atoms with Crippen molar-refractivity contribution in [1.29, 1.82) is 0 Å². The molecule has 11 heteroatoms. The van der Waals surface area contributed by atoms with Gasteiger partial charge in [0.05, 0.1) is 0 Å². The molecule has 0 saturated heterocycles. The van der Waals surface area contributed by atoms with Crippen LogP contribution in [0.5, 0.6) is 0 Å². The predicted octanol–water partition coefficient (Wildman–Crippen LogP) is 6.18. The van der Waals surface area contributed by atoms with Gasteiger partial charge in [-0.05, 0) is 49.7 Å². The molecular formula is C29H25ClFN3O6. The van der Waals surface area contributed by atoms with Gasteiger partial charge >= 0.3 is 12.1 Å². The molecule has 1 unspecified atom stereocenters. The van der Waals surface area contributed by atoms with Crippen molar-refractivity contribution in [3.05, 3.63) is 106 Å². The lowest BCUT2D eigenvalue weighted by molar-refractivity contribution is -0.139. The van der Waals surface area contributed by atoms with Crippen LogP contribution in [0.1, 0.15) is 40.2 Å². The van der Waals surface area contributed by atoms with Crippen LogP contribution >= 0.6 is 11.6 Å². The number of rotatable bonds is 9. The number of aromatic nitrogens is 1. The number of amides is 2. The van der Waals surface area contributed by atoms with Crippen LogP contribution in [0.25, 0.3) is 11.3 Å². The van der Waals surface area contributed by atoms with E-state index in [1.165, 1.54) is 36.4 Å². The summed E-state index contributed by atoms with van der Waals surface area (Å²) < 4.78 is 24.0. The van der Waals surface area contributed by atoms with E-state index in [9.17, 15) is 23.9 Å². The van der Waals surface area contributed by atoms with Gasteiger partial charge in [0, 0.05) is 28.1 Å². The number of nitrogens with zero attached hydrogens (tertiary/aromatic N) is 1. The smallest absolute Gasteiger partial charge is 0.412 e. The zero-order valence-electron chi connectivity index (χ0n) is 21.5. The highest BCUT2D eigenvalue weighted by atomic mass is 35.5. The molecule has 4 aromatic rings. The quantitative estimate of drug-likeness (QED) is 0.221. The zero-order chi connectivity index (χ0) is 28.8. The van der Waals surface area contributed by atoms with Gasteiger partial charge in [-0.3, -0.25) is 10.1 Å². The van der Waals surface area contributed by atoms with Crippen molar-refractivity contribution in [2.75, 3.05) is 5.32 Å². The van der Waals surface area contributed by atoms with Gasteiger partial charge in [0.25, 0.3) is 5.91 Å². The van der Waals surface area contributed by atoms with Crippen LogP contribution in [0.4, 0.5) is 14.9 Å². The molecule has 2 atom stereocenters. The maximum absolute atomic E-state index is 13.2. The third kappa shape index (κ3) is 6.83. The van der Waals surface area contributed by atoms with E-state index in [1.54, 1.807) is 50.2 Å². The number of nitrogens with one attached hydrogen (secondary N) is 2. The molecule has 9 nitrogen and oxygen atoms in total. The van der Waals surface area contributed by atoms with E-state index in [-0.39, 0.29) is 17.7 Å². The second-order valence-electron chi connectivity index (χ2n) is 8.94. The number of aliphatic carboxylic acids is 1. The van der Waals surface area contributed by atoms with Crippen molar-refractivity contribution in [3.8, 4) is 11.3 Å². The fourth-order valence-corrected chi connectivity index (χ4v) is 4.23. The van der Waals surface area contributed by atoms with Gasteiger partial charge < -0.3 is 19.7 Å². The Kier molecular flexibility index (Phi) is 8.80. The summed E-state index contributed by atoms with van der Waals surface area (Å²) in [5.74, 6) is -2.03. The Hall–Kier alpha value is -4.70. The highest BCUT2D eigenvalue weighted by Crippen LogP contribution is 2.32. The lowest BCUT2D eigenvalue weighted by Crippen LogP contribution is -2.42. The molecule has 3 aromatic carbocycles. The number of carbonyl (C=O) groups excluding carboxylic acids is 2. The first-order valence-electron chi connectivity index (χ1n) is 12.2. The molecule has 0 bridgehead atoms. The summed E-state index contributed by atoms with van der Waals surface area (Å²) in [5.41, 5.74) is 2.62. The van der Waals surface area contributed by atoms with Crippen LogP contribution in [-0.4, -0.2) is 34.3 Å². The number of benzene rings is 3. The number of hydrogen-bond donors (Lipinski definition) is 3. The molecule has 0 fully saturated rings. The highest BCUT2D eigenvalue weighted by Gasteiger charge is 2.23. The van der Waals surface area contributed by atoms with Crippen molar-refractivity contribution in [2.45, 2.75) is 32.4 Å². The number of hydrogen-bond acceptors (Lipinski definition) is 6. The molecule has 0 aliphatic rings. The fraction of sp³-hybridized carbons (Fsp3) is 0.172. The van der Waals surface area contributed by atoms with Crippen LogP contribution < -0.4 is 10.6 Å². The summed E-state index contributed by atoms with van der Waals surface area (Å²) in [6.45, 7) is 3.34. The molecule has 0 saturated carbocycles. The van der Waals surface area contributed by atoms with Gasteiger partial charge in [-0.1, -0.05) is 59.2 Å². The van der Waals surface area contributed by atoms with E-state index in [0.717, 1.165) is 0 Å². The van der Waals surface area contributed by atoms with Crippen molar-refractivity contribution in [2.24, 2.45) is 0 Å². The molecule has 0 aliphatic carbocycles. The first-order chi connectivity index (χ1) is 19.1. The summed E-state index contributed by atoms with van der Waals surface area (Å²) >= 11 is 6.19. The van der Waals surface area contributed by atoms with Crippen LogP contribution in [0.2, 0.25) is 5.02 Å². The SMILES string of the molecule is Cc1noc(-c2ccc(C(=O)N[C@H](Cc3ccc(F)cc3)C(=O)O)cc2)c1NC(=O)OC(C)c1ccccc1Cl. The molecule has 0 aliphatic heterocycles. The van der Waals surface area contributed by atoms with Crippen LogP contribution in [0.3, 0.4) is 0 Å². The highest BCUT2D eigenvalue weighted by molar-refractivity contribution is 6.31. The van der Waals surface area contributed by atoms with Crippen LogP contribution in [0.15, 0.2) is 77.3 Å². The Bertz CT molecular complexity index is 1520. The average molecular weight is 566 g/mol. The van der Waals surface area contributed by atoms with E-state index in [2.05, 4.69) is 15.8 Å². The minimum atomic E-state index is -1.22. The largest absolute Gasteiger partial charge is 0.480 e. The lowest BCUT2D eigenvalue weighted by atomic mass is 10.0. The Balaban J connectivity index is 1.43. The van der Waals surface area contributed by atoms with Gasteiger partial charge in [0.1, 0.15) is 29.3 Å². The lowest BCUT2D eigenvalue weighted by Gasteiger charge is -2.15. The van der Waals surface area contributed by atoms with Crippen molar-refractivity contribution in [3.63, 3.8) is 0 Å². The zero-order valence-corrected chi connectivity index (χ0v) is 22.2. The number of carbonyl (C=O) groups is 3. The van der Waals surface area contributed by atoms with Gasteiger partial charge in [0.2, 0.25) is 0 Å². The Labute approximate surface area is 233 Å². The third-order valence-corrected chi connectivity index (χ3v) is 6.43. The molecule has 206 valence electrons. The molecule has 0 spiro atoms. The second-order valence-corrected chi connectivity index (χ2v) is 9.35. The average Bonchev–Trinajstić information content (AvgIpc) is 3.29. The van der Waals surface area contributed by atoms with Gasteiger partial charge in [-0.15, -0.1) is 0 Å². The first-order valence-corrected chi connectivity index (χ1v) is 12.6. The summed E-state index contributed by atoms with van der Waals surface area (Å²) in [4.78, 5) is 37.1. The molecule has 40 heavy (non-hydrogen) atoms. The van der Waals surface area contributed by atoms with Gasteiger partial charge in [-0.2, -0.15) is 0 Å². The molecule has 3 N–H and O–H groups in total. The van der Waals surface area contributed by atoms with Gasteiger partial charge in [0.15, 0.2) is 5.76 Å². The Morgan fingerprint density at radius 3 is 2.38 bits per heavy atom. The molecule has 2 amide bonds. The van der Waals surface area contributed by atoms with Crippen molar-refractivity contribution < 1.29 is 33.1 Å². The molecule has 1 aromatic heterocycles. The normalized spacial score (nSPS) is 12.3. The van der Waals surface area contributed by atoms with E-state index in [0.29, 0.717) is 33.1 Å². The van der Waals surface area contributed by atoms with Crippen LogP contribution in [-0.2, 0) is 16.0 Å². The van der Waals surface area contributed by atoms with E-state index in [1.807, 2.05) is 0 Å². The minimum absolute atomic E-state index is 0.0169. The summed E-state index contributed by atoms with van der Waals surface area (Å²) in [5, 5.41) is 19.1. The van der Waals surface area contributed by atoms with E-state index >= 15 is 0 Å². The van der Waals surface area contributed by atoms with Crippen molar-refractivity contribution in [1.82, 2.24) is 10.5 Å². The number of anilines is 1. The first kappa shape index (κ1) is 28.3. The number of carboxylic acids is 1. The maximum Gasteiger partial charge on any atom is 0.412 e. The predicted molar refractivity (Wildman–Crippen MR) is 146 cm³/mol. The van der Waals surface area contributed by atoms with Crippen LogP contribution in [0, 0.1) is 12.7 Å². The number of aryl methyl sites for hydroxylation is 1. The summed E-state index contributed by atoms with van der Waals surface area (Å²) in [6, 6.07) is 17.3. The summed E-state index contributed by atoms with van der Waals surface area (Å²) in [7, 11) is 0. The second kappa shape index (κ2) is 12.4. The summed E-state index contributed by atoms with van der Waals surface area (Å²) in [6.07, 6.45) is -1.37. The molecule has 1 heterocycles. The minimum Gasteiger partial charge on any atom is -0.480 e. The number of halogens is 2. The Morgan fingerprint density at radius 2 is 1.73 bits per heavy atom. The van der Waals surface area contributed by atoms with Crippen molar-refractivity contribution >= 4 is 35.3 Å². The number of ether oxygens (including phenoxy) is 1. The van der Waals surface area contributed by atoms with E-state index < -0.39 is 35.9 Å². The molecule has 0 radical (unpaired) electrons. The molecular weight excluding hydrogens is 541 g/mol. The van der Waals surface area contributed by atoms with E-state index in [4.69, 9.17) is 20.9 Å².